The Morgan fingerprint density at radius 1 is 1.38 bits per heavy atom. The van der Waals surface area contributed by atoms with Crippen LogP contribution in [-0.4, -0.2) is 18.0 Å². The molecule has 3 nitrogen and oxygen atoms in total. The number of carbonyl (C=O) groups excluding carboxylic acids is 1. The first kappa shape index (κ1) is 13.5. The molecule has 1 rings (SSSR count). The molecule has 3 atom stereocenters. The predicted octanol–water partition coefficient (Wildman–Crippen LogP) is 2.20. The van der Waals surface area contributed by atoms with Gasteiger partial charge in [0.1, 0.15) is 0 Å². The highest BCUT2D eigenvalue weighted by Gasteiger charge is 2.28. The molecule has 0 aromatic heterocycles. The van der Waals surface area contributed by atoms with E-state index in [-0.39, 0.29) is 17.9 Å². The Bertz CT molecular complexity index is 218. The van der Waals surface area contributed by atoms with E-state index in [0.717, 1.165) is 38.5 Å². The van der Waals surface area contributed by atoms with Gasteiger partial charge in [-0.1, -0.05) is 33.1 Å². The van der Waals surface area contributed by atoms with Crippen molar-refractivity contribution in [2.24, 2.45) is 11.7 Å². The lowest BCUT2D eigenvalue weighted by Crippen LogP contribution is -2.46. The quantitative estimate of drug-likeness (QED) is 0.755. The number of nitrogens with two attached hydrogens (primary N) is 1. The average molecular weight is 226 g/mol. The highest BCUT2D eigenvalue weighted by atomic mass is 16.2. The van der Waals surface area contributed by atoms with Gasteiger partial charge in [-0.15, -0.1) is 0 Å². The van der Waals surface area contributed by atoms with E-state index < -0.39 is 0 Å². The van der Waals surface area contributed by atoms with Gasteiger partial charge in [-0.25, -0.2) is 0 Å². The van der Waals surface area contributed by atoms with E-state index >= 15 is 0 Å². The molecule has 3 heteroatoms. The van der Waals surface area contributed by atoms with Gasteiger partial charge >= 0.3 is 0 Å². The molecule has 1 aliphatic rings. The number of hydrogen-bond donors (Lipinski definition) is 2. The van der Waals surface area contributed by atoms with E-state index in [1.807, 2.05) is 0 Å². The molecular formula is C13H26N2O. The van der Waals surface area contributed by atoms with E-state index in [4.69, 9.17) is 5.73 Å². The molecule has 1 fully saturated rings. The Morgan fingerprint density at radius 3 is 2.62 bits per heavy atom. The fraction of sp³-hybridized carbons (Fsp3) is 0.923. The average Bonchev–Trinajstić information content (AvgIpc) is 2.28. The van der Waals surface area contributed by atoms with Crippen molar-refractivity contribution in [3.8, 4) is 0 Å². The van der Waals surface area contributed by atoms with Crippen LogP contribution in [-0.2, 0) is 4.79 Å². The summed E-state index contributed by atoms with van der Waals surface area (Å²) in [6, 6.07) is 0.416. The molecule has 0 bridgehead atoms. The van der Waals surface area contributed by atoms with Crippen LogP contribution in [0.2, 0.25) is 0 Å². The van der Waals surface area contributed by atoms with Gasteiger partial charge in [-0.2, -0.15) is 0 Å². The molecule has 1 aliphatic carbocycles. The summed E-state index contributed by atoms with van der Waals surface area (Å²) < 4.78 is 0. The molecule has 0 saturated heterocycles. The topological polar surface area (TPSA) is 55.1 Å². The van der Waals surface area contributed by atoms with Crippen molar-refractivity contribution in [2.75, 3.05) is 0 Å². The molecule has 3 N–H and O–H groups in total. The molecular weight excluding hydrogens is 200 g/mol. The molecule has 1 saturated carbocycles. The molecule has 0 radical (unpaired) electrons. The van der Waals surface area contributed by atoms with Crippen LogP contribution in [0.1, 0.15) is 58.8 Å². The van der Waals surface area contributed by atoms with E-state index in [1.54, 1.807) is 0 Å². The van der Waals surface area contributed by atoms with Crippen molar-refractivity contribution in [2.45, 2.75) is 70.9 Å². The minimum Gasteiger partial charge on any atom is -0.353 e. The number of nitrogens with one attached hydrogen (secondary N) is 1. The van der Waals surface area contributed by atoms with Crippen LogP contribution < -0.4 is 11.1 Å². The minimum atomic E-state index is 0.0552. The summed E-state index contributed by atoms with van der Waals surface area (Å²) in [5, 5.41) is 3.15. The molecule has 16 heavy (non-hydrogen) atoms. The second-order valence-corrected chi connectivity index (χ2v) is 4.96. The Kier molecular flexibility index (Phi) is 5.81. The van der Waals surface area contributed by atoms with E-state index in [1.165, 1.54) is 6.42 Å². The second kappa shape index (κ2) is 6.89. The largest absolute Gasteiger partial charge is 0.353 e. The molecule has 0 aromatic carbocycles. The van der Waals surface area contributed by atoms with Gasteiger partial charge in [0.05, 0.1) is 5.92 Å². The van der Waals surface area contributed by atoms with Gasteiger partial charge in [0, 0.05) is 12.1 Å². The zero-order valence-corrected chi connectivity index (χ0v) is 10.7. The summed E-state index contributed by atoms with van der Waals surface area (Å²) in [6.07, 6.45) is 7.51. The molecule has 0 spiro atoms. The fourth-order valence-corrected chi connectivity index (χ4v) is 2.52. The standard InChI is InChI=1S/C13H26N2O/c1-3-7-10(4-2)15-13(16)11-8-5-6-9-12(11)14/h10-12H,3-9,14H2,1-2H3,(H,15,16). The van der Waals surface area contributed by atoms with Crippen LogP contribution in [0.15, 0.2) is 0 Å². The Labute approximate surface area is 99.2 Å². The van der Waals surface area contributed by atoms with Gasteiger partial charge in [0.15, 0.2) is 0 Å². The molecule has 1 amide bonds. The summed E-state index contributed by atoms with van der Waals surface area (Å²) in [4.78, 5) is 12.1. The Morgan fingerprint density at radius 2 is 2.06 bits per heavy atom. The summed E-state index contributed by atoms with van der Waals surface area (Å²) in [6.45, 7) is 4.28. The minimum absolute atomic E-state index is 0.0552. The predicted molar refractivity (Wildman–Crippen MR) is 67.1 cm³/mol. The van der Waals surface area contributed by atoms with E-state index in [0.29, 0.717) is 6.04 Å². The first-order chi connectivity index (χ1) is 7.69. The fourth-order valence-electron chi connectivity index (χ4n) is 2.52. The zero-order valence-electron chi connectivity index (χ0n) is 10.7. The van der Waals surface area contributed by atoms with Crippen LogP contribution in [0.3, 0.4) is 0 Å². The van der Waals surface area contributed by atoms with Gasteiger partial charge in [0.25, 0.3) is 0 Å². The van der Waals surface area contributed by atoms with Crippen LogP contribution in [0.5, 0.6) is 0 Å². The third kappa shape index (κ3) is 3.78. The van der Waals surface area contributed by atoms with Gasteiger partial charge in [-0.05, 0) is 25.7 Å². The molecule has 94 valence electrons. The number of carbonyl (C=O) groups is 1. The second-order valence-electron chi connectivity index (χ2n) is 4.96. The molecule has 3 unspecified atom stereocenters. The molecule has 0 aromatic rings. The first-order valence-electron chi connectivity index (χ1n) is 6.75. The Balaban J connectivity index is 2.42. The van der Waals surface area contributed by atoms with E-state index in [2.05, 4.69) is 19.2 Å². The number of hydrogen-bond acceptors (Lipinski definition) is 2. The zero-order chi connectivity index (χ0) is 12.0. The smallest absolute Gasteiger partial charge is 0.224 e. The van der Waals surface area contributed by atoms with Gasteiger partial charge in [-0.3, -0.25) is 4.79 Å². The monoisotopic (exact) mass is 226 g/mol. The third-order valence-electron chi connectivity index (χ3n) is 3.63. The van der Waals surface area contributed by atoms with Gasteiger partial charge < -0.3 is 11.1 Å². The van der Waals surface area contributed by atoms with Crippen molar-refractivity contribution in [3.63, 3.8) is 0 Å². The lowest BCUT2D eigenvalue weighted by Gasteiger charge is -2.29. The van der Waals surface area contributed by atoms with Crippen molar-refractivity contribution >= 4 is 5.91 Å². The van der Waals surface area contributed by atoms with Crippen molar-refractivity contribution < 1.29 is 4.79 Å². The highest BCUT2D eigenvalue weighted by Crippen LogP contribution is 2.23. The molecule has 0 aliphatic heterocycles. The summed E-state index contributed by atoms with van der Waals surface area (Å²) in [5.41, 5.74) is 6.01. The summed E-state index contributed by atoms with van der Waals surface area (Å²) in [5.74, 6) is 0.243. The van der Waals surface area contributed by atoms with Crippen LogP contribution in [0.25, 0.3) is 0 Å². The van der Waals surface area contributed by atoms with Crippen molar-refractivity contribution in [3.05, 3.63) is 0 Å². The normalized spacial score (nSPS) is 27.4. The maximum Gasteiger partial charge on any atom is 0.224 e. The third-order valence-corrected chi connectivity index (χ3v) is 3.63. The summed E-state index contributed by atoms with van der Waals surface area (Å²) in [7, 11) is 0. The Hall–Kier alpha value is -0.570. The maximum atomic E-state index is 12.1. The van der Waals surface area contributed by atoms with Crippen molar-refractivity contribution in [1.82, 2.24) is 5.32 Å². The van der Waals surface area contributed by atoms with Crippen LogP contribution in [0.4, 0.5) is 0 Å². The maximum absolute atomic E-state index is 12.1. The SMILES string of the molecule is CCCC(CC)NC(=O)C1CCCCC1N. The summed E-state index contributed by atoms with van der Waals surface area (Å²) >= 11 is 0. The van der Waals surface area contributed by atoms with Crippen molar-refractivity contribution in [1.29, 1.82) is 0 Å². The highest BCUT2D eigenvalue weighted by molar-refractivity contribution is 5.79. The van der Waals surface area contributed by atoms with Crippen LogP contribution in [0, 0.1) is 5.92 Å². The van der Waals surface area contributed by atoms with E-state index in [9.17, 15) is 4.79 Å². The molecule has 0 heterocycles. The van der Waals surface area contributed by atoms with Gasteiger partial charge in [0.2, 0.25) is 5.91 Å². The van der Waals surface area contributed by atoms with Crippen LogP contribution >= 0.6 is 0 Å². The number of amides is 1. The lowest BCUT2D eigenvalue weighted by molar-refractivity contribution is -0.127. The lowest BCUT2D eigenvalue weighted by atomic mass is 9.84. The number of rotatable bonds is 5. The first-order valence-corrected chi connectivity index (χ1v) is 6.75.